The molecule has 2 rings (SSSR count). The number of thioether (sulfide) groups is 1. The molecule has 0 aliphatic carbocycles. The van der Waals surface area contributed by atoms with Crippen molar-refractivity contribution in [2.75, 3.05) is 5.32 Å². The number of hydrogen-bond donors (Lipinski definition) is 1. The maximum atomic E-state index is 12.1. The Morgan fingerprint density at radius 3 is 2.86 bits per heavy atom. The van der Waals surface area contributed by atoms with Crippen molar-refractivity contribution in [1.82, 2.24) is 10.2 Å². The SMILES string of the molecule is Cc1nnc(SC(C)C(=O)Nc2cccc([N+](=O)[O-])c2)s1. The average Bonchev–Trinajstić information content (AvgIpc) is 2.84. The molecule has 0 fully saturated rings. The molecule has 0 saturated heterocycles. The number of aryl methyl sites for hydroxylation is 1. The summed E-state index contributed by atoms with van der Waals surface area (Å²) in [4.78, 5) is 22.2. The van der Waals surface area contributed by atoms with Crippen molar-refractivity contribution >= 4 is 40.4 Å². The van der Waals surface area contributed by atoms with E-state index < -0.39 is 4.92 Å². The van der Waals surface area contributed by atoms with Crippen molar-refractivity contribution in [2.24, 2.45) is 0 Å². The lowest BCUT2D eigenvalue weighted by molar-refractivity contribution is -0.384. The van der Waals surface area contributed by atoms with Crippen molar-refractivity contribution in [3.63, 3.8) is 0 Å². The fourth-order valence-electron chi connectivity index (χ4n) is 1.47. The molecular formula is C12H12N4O3S2. The van der Waals surface area contributed by atoms with Crippen LogP contribution in [0.25, 0.3) is 0 Å². The van der Waals surface area contributed by atoms with E-state index in [2.05, 4.69) is 15.5 Å². The Morgan fingerprint density at radius 2 is 2.24 bits per heavy atom. The smallest absolute Gasteiger partial charge is 0.271 e. The molecule has 0 spiro atoms. The van der Waals surface area contributed by atoms with E-state index in [1.54, 1.807) is 13.0 Å². The Kier molecular flexibility index (Phi) is 4.86. The van der Waals surface area contributed by atoms with E-state index >= 15 is 0 Å². The fraction of sp³-hybridized carbons (Fsp3) is 0.250. The number of anilines is 1. The maximum Gasteiger partial charge on any atom is 0.271 e. The molecule has 0 saturated carbocycles. The molecule has 1 aromatic heterocycles. The minimum atomic E-state index is -0.502. The predicted octanol–water partition coefficient (Wildman–Crippen LogP) is 2.87. The van der Waals surface area contributed by atoms with E-state index in [0.29, 0.717) is 10.0 Å². The largest absolute Gasteiger partial charge is 0.325 e. The molecule has 7 nitrogen and oxygen atoms in total. The molecule has 1 aromatic carbocycles. The number of hydrogen-bond acceptors (Lipinski definition) is 7. The molecule has 1 atom stereocenters. The summed E-state index contributed by atoms with van der Waals surface area (Å²) < 4.78 is 0.717. The molecule has 9 heteroatoms. The first-order valence-electron chi connectivity index (χ1n) is 5.98. The van der Waals surface area contributed by atoms with Crippen LogP contribution in [0.4, 0.5) is 11.4 Å². The highest BCUT2D eigenvalue weighted by Gasteiger charge is 2.17. The van der Waals surface area contributed by atoms with Gasteiger partial charge in [0.05, 0.1) is 10.2 Å². The van der Waals surface area contributed by atoms with Crippen molar-refractivity contribution < 1.29 is 9.72 Å². The van der Waals surface area contributed by atoms with Gasteiger partial charge in [0.15, 0.2) is 4.34 Å². The lowest BCUT2D eigenvalue weighted by Gasteiger charge is -2.10. The zero-order chi connectivity index (χ0) is 15.4. The van der Waals surface area contributed by atoms with Crippen molar-refractivity contribution in [3.8, 4) is 0 Å². The zero-order valence-corrected chi connectivity index (χ0v) is 12.9. The molecule has 0 aliphatic heterocycles. The Hall–Kier alpha value is -2.00. The summed E-state index contributed by atoms with van der Waals surface area (Å²) in [6.07, 6.45) is 0. The second-order valence-corrected chi connectivity index (χ2v) is 6.91. The van der Waals surface area contributed by atoms with Gasteiger partial charge >= 0.3 is 0 Å². The normalized spacial score (nSPS) is 11.9. The molecule has 0 aliphatic rings. The lowest BCUT2D eigenvalue weighted by Crippen LogP contribution is -2.22. The summed E-state index contributed by atoms with van der Waals surface area (Å²) in [5, 5.41) is 21.6. The highest BCUT2D eigenvalue weighted by Crippen LogP contribution is 2.27. The third kappa shape index (κ3) is 4.23. The van der Waals surface area contributed by atoms with Gasteiger partial charge in [0, 0.05) is 17.8 Å². The van der Waals surface area contributed by atoms with Crippen LogP contribution in [0.15, 0.2) is 28.6 Å². The van der Waals surface area contributed by atoms with Crippen LogP contribution in [0.2, 0.25) is 0 Å². The predicted molar refractivity (Wildman–Crippen MR) is 81.7 cm³/mol. The molecule has 21 heavy (non-hydrogen) atoms. The van der Waals surface area contributed by atoms with Crippen LogP contribution in [-0.2, 0) is 4.79 Å². The van der Waals surface area contributed by atoms with Crippen LogP contribution in [-0.4, -0.2) is 26.3 Å². The summed E-state index contributed by atoms with van der Waals surface area (Å²) in [7, 11) is 0. The fourth-order valence-corrected chi connectivity index (χ4v) is 3.43. The standard InChI is InChI=1S/C12H12N4O3S2/c1-7(20-12-15-14-8(2)21-12)11(17)13-9-4-3-5-10(6-9)16(18)19/h3-7H,1-2H3,(H,13,17). The summed E-state index contributed by atoms with van der Waals surface area (Å²) in [5.74, 6) is -0.242. The van der Waals surface area contributed by atoms with Gasteiger partial charge in [-0.2, -0.15) is 0 Å². The topological polar surface area (TPSA) is 98.0 Å². The Labute approximate surface area is 128 Å². The average molecular weight is 324 g/mol. The molecule has 110 valence electrons. The van der Waals surface area contributed by atoms with Gasteiger partial charge in [-0.1, -0.05) is 29.2 Å². The molecule has 1 heterocycles. The number of nitro groups is 1. The minimum Gasteiger partial charge on any atom is -0.325 e. The Balaban J connectivity index is 2.00. The van der Waals surface area contributed by atoms with Crippen molar-refractivity contribution in [2.45, 2.75) is 23.4 Å². The molecule has 2 aromatic rings. The number of nitro benzene ring substituents is 1. The van der Waals surface area contributed by atoms with Gasteiger partial charge in [0.1, 0.15) is 5.01 Å². The number of carbonyl (C=O) groups excluding carboxylic acids is 1. The Bertz CT molecular complexity index is 674. The first kappa shape index (κ1) is 15.4. The van der Waals surface area contributed by atoms with E-state index in [1.807, 2.05) is 6.92 Å². The number of nitrogens with one attached hydrogen (secondary N) is 1. The van der Waals surface area contributed by atoms with Crippen LogP contribution in [0, 0.1) is 17.0 Å². The van der Waals surface area contributed by atoms with Gasteiger partial charge in [-0.05, 0) is 19.9 Å². The second kappa shape index (κ2) is 6.64. The first-order valence-corrected chi connectivity index (χ1v) is 7.67. The molecule has 1 N–H and O–H groups in total. The monoisotopic (exact) mass is 324 g/mol. The minimum absolute atomic E-state index is 0.0622. The van der Waals surface area contributed by atoms with Crippen molar-refractivity contribution in [1.29, 1.82) is 0 Å². The van der Waals surface area contributed by atoms with E-state index in [4.69, 9.17) is 0 Å². The van der Waals surface area contributed by atoms with Gasteiger partial charge in [-0.15, -0.1) is 10.2 Å². The lowest BCUT2D eigenvalue weighted by atomic mass is 10.2. The highest BCUT2D eigenvalue weighted by atomic mass is 32.2. The van der Waals surface area contributed by atoms with Crippen LogP contribution >= 0.6 is 23.1 Å². The van der Waals surface area contributed by atoms with Gasteiger partial charge in [-0.25, -0.2) is 0 Å². The second-order valence-electron chi connectivity index (χ2n) is 4.14. The summed E-state index contributed by atoms with van der Waals surface area (Å²) in [6.45, 7) is 3.59. The van der Waals surface area contributed by atoms with E-state index in [0.717, 1.165) is 5.01 Å². The molecular weight excluding hydrogens is 312 g/mol. The Morgan fingerprint density at radius 1 is 1.48 bits per heavy atom. The van der Waals surface area contributed by atoms with Gasteiger partial charge < -0.3 is 5.32 Å². The van der Waals surface area contributed by atoms with Crippen LogP contribution < -0.4 is 5.32 Å². The first-order chi connectivity index (χ1) is 9.95. The number of nitrogens with zero attached hydrogens (tertiary/aromatic N) is 3. The molecule has 1 amide bonds. The van der Waals surface area contributed by atoms with Gasteiger partial charge in [-0.3, -0.25) is 14.9 Å². The summed E-state index contributed by atoms with van der Waals surface area (Å²) >= 11 is 2.72. The van der Waals surface area contributed by atoms with E-state index in [9.17, 15) is 14.9 Å². The number of benzene rings is 1. The van der Waals surface area contributed by atoms with Crippen LogP contribution in [0.3, 0.4) is 0 Å². The van der Waals surface area contributed by atoms with E-state index in [1.165, 1.54) is 41.3 Å². The van der Waals surface area contributed by atoms with Crippen LogP contribution in [0.5, 0.6) is 0 Å². The molecule has 0 bridgehead atoms. The van der Waals surface area contributed by atoms with Gasteiger partial charge in [0.25, 0.3) is 5.69 Å². The van der Waals surface area contributed by atoms with Crippen molar-refractivity contribution in [3.05, 3.63) is 39.4 Å². The van der Waals surface area contributed by atoms with E-state index in [-0.39, 0.29) is 16.8 Å². The summed E-state index contributed by atoms with van der Waals surface area (Å²) in [6, 6.07) is 5.83. The quantitative estimate of drug-likeness (QED) is 0.516. The third-order valence-corrected chi connectivity index (χ3v) is 4.50. The van der Waals surface area contributed by atoms with Crippen LogP contribution in [0.1, 0.15) is 11.9 Å². The maximum absolute atomic E-state index is 12.1. The third-order valence-electron chi connectivity index (χ3n) is 2.48. The number of rotatable bonds is 5. The number of amides is 1. The molecule has 0 radical (unpaired) electrons. The number of carbonyl (C=O) groups is 1. The number of aromatic nitrogens is 2. The van der Waals surface area contributed by atoms with Gasteiger partial charge in [0.2, 0.25) is 5.91 Å². The summed E-state index contributed by atoms with van der Waals surface area (Å²) in [5.41, 5.74) is 0.336. The highest BCUT2D eigenvalue weighted by molar-refractivity contribution is 8.02. The number of non-ortho nitro benzene ring substituents is 1. The molecule has 1 unspecified atom stereocenters. The zero-order valence-electron chi connectivity index (χ0n) is 11.3.